The van der Waals surface area contributed by atoms with Crippen molar-refractivity contribution in [3.63, 3.8) is 0 Å². The first kappa shape index (κ1) is 17.4. The second-order valence-corrected chi connectivity index (χ2v) is 7.15. The minimum absolute atomic E-state index is 0.205. The van der Waals surface area contributed by atoms with Crippen LogP contribution >= 0.6 is 0 Å². The first-order valence-electron chi connectivity index (χ1n) is 8.30. The van der Waals surface area contributed by atoms with Crippen LogP contribution in [-0.4, -0.2) is 25.4 Å². The molecular formula is C18H29BO3. The molecule has 0 aromatic heterocycles. The lowest BCUT2D eigenvalue weighted by molar-refractivity contribution is 0.00578. The summed E-state index contributed by atoms with van der Waals surface area (Å²) in [6.45, 7) is 10.6. The third-order valence-corrected chi connectivity index (χ3v) is 4.99. The molecule has 1 unspecified atom stereocenters. The summed E-state index contributed by atoms with van der Waals surface area (Å²) < 4.78 is 17.9. The molecule has 1 aliphatic heterocycles. The molecule has 1 heterocycles. The van der Waals surface area contributed by atoms with Gasteiger partial charge >= 0.3 is 7.12 Å². The Kier molecular flexibility index (Phi) is 5.23. The van der Waals surface area contributed by atoms with Gasteiger partial charge in [-0.1, -0.05) is 31.9 Å². The molecule has 1 aromatic carbocycles. The van der Waals surface area contributed by atoms with E-state index < -0.39 is 0 Å². The largest absolute Gasteiger partial charge is 0.497 e. The first-order chi connectivity index (χ1) is 10.3. The van der Waals surface area contributed by atoms with Crippen LogP contribution in [0.5, 0.6) is 5.75 Å². The average molecular weight is 304 g/mol. The van der Waals surface area contributed by atoms with Crippen LogP contribution in [0.15, 0.2) is 24.3 Å². The predicted octanol–water partition coefficient (Wildman–Crippen LogP) is 4.60. The molecule has 3 nitrogen and oxygen atoms in total. The Balaban J connectivity index is 2.27. The van der Waals surface area contributed by atoms with Gasteiger partial charge in [-0.05, 0) is 51.8 Å². The zero-order valence-corrected chi connectivity index (χ0v) is 14.8. The van der Waals surface area contributed by atoms with E-state index in [0.29, 0.717) is 0 Å². The monoisotopic (exact) mass is 304 g/mol. The van der Waals surface area contributed by atoms with E-state index in [9.17, 15) is 0 Å². The van der Waals surface area contributed by atoms with Crippen molar-refractivity contribution in [1.29, 1.82) is 0 Å². The van der Waals surface area contributed by atoms with Crippen molar-refractivity contribution in [2.45, 2.75) is 70.9 Å². The topological polar surface area (TPSA) is 27.7 Å². The van der Waals surface area contributed by atoms with Gasteiger partial charge in [0.05, 0.1) is 18.3 Å². The Morgan fingerprint density at radius 1 is 1.14 bits per heavy atom. The summed E-state index contributed by atoms with van der Waals surface area (Å²) in [6, 6.07) is 8.27. The van der Waals surface area contributed by atoms with Crippen LogP contribution in [0, 0.1) is 0 Å². The van der Waals surface area contributed by atoms with Gasteiger partial charge in [-0.15, -0.1) is 0 Å². The van der Waals surface area contributed by atoms with E-state index in [4.69, 9.17) is 14.0 Å². The van der Waals surface area contributed by atoms with Crippen LogP contribution in [0.25, 0.3) is 0 Å². The molecule has 1 aromatic rings. The smallest absolute Gasteiger partial charge is 0.465 e. The second kappa shape index (κ2) is 6.63. The number of hydrogen-bond donors (Lipinski definition) is 0. The van der Waals surface area contributed by atoms with Crippen molar-refractivity contribution in [2.75, 3.05) is 7.11 Å². The van der Waals surface area contributed by atoms with Crippen molar-refractivity contribution in [3.05, 3.63) is 29.8 Å². The van der Waals surface area contributed by atoms with Crippen LogP contribution in [0.2, 0.25) is 0 Å². The number of hydrogen-bond acceptors (Lipinski definition) is 3. The number of unbranched alkanes of at least 4 members (excludes halogenated alkanes) is 1. The maximum atomic E-state index is 6.29. The van der Waals surface area contributed by atoms with E-state index in [-0.39, 0.29) is 24.1 Å². The van der Waals surface area contributed by atoms with Crippen LogP contribution in [0.4, 0.5) is 0 Å². The van der Waals surface area contributed by atoms with Gasteiger partial charge in [-0.25, -0.2) is 0 Å². The van der Waals surface area contributed by atoms with Crippen LogP contribution in [0.1, 0.15) is 65.3 Å². The Morgan fingerprint density at radius 2 is 1.77 bits per heavy atom. The third-order valence-electron chi connectivity index (χ3n) is 4.99. The van der Waals surface area contributed by atoms with E-state index >= 15 is 0 Å². The van der Waals surface area contributed by atoms with Crippen LogP contribution < -0.4 is 4.74 Å². The van der Waals surface area contributed by atoms with Gasteiger partial charge < -0.3 is 14.0 Å². The Bertz CT molecular complexity index is 483. The lowest BCUT2D eigenvalue weighted by atomic mass is 9.65. The normalized spacial score (nSPS) is 20.9. The lowest BCUT2D eigenvalue weighted by Crippen LogP contribution is -2.41. The van der Waals surface area contributed by atoms with Crippen molar-refractivity contribution in [2.24, 2.45) is 0 Å². The van der Waals surface area contributed by atoms with E-state index in [0.717, 1.165) is 18.6 Å². The zero-order chi connectivity index (χ0) is 16.4. The van der Waals surface area contributed by atoms with Crippen molar-refractivity contribution in [1.82, 2.24) is 0 Å². The molecule has 4 heteroatoms. The van der Waals surface area contributed by atoms with E-state index in [2.05, 4.69) is 46.8 Å². The number of rotatable bonds is 6. The van der Waals surface area contributed by atoms with E-state index in [1.54, 1.807) is 7.11 Å². The zero-order valence-electron chi connectivity index (χ0n) is 14.8. The molecule has 122 valence electrons. The molecule has 0 bridgehead atoms. The summed E-state index contributed by atoms with van der Waals surface area (Å²) in [5, 5.41) is 0. The molecule has 22 heavy (non-hydrogen) atoms. The Hall–Kier alpha value is -0.995. The summed E-state index contributed by atoms with van der Waals surface area (Å²) in [4.78, 5) is 0. The number of ether oxygens (including phenoxy) is 1. The molecular weight excluding hydrogens is 275 g/mol. The molecule has 0 radical (unpaired) electrons. The molecule has 0 N–H and O–H groups in total. The quantitative estimate of drug-likeness (QED) is 0.719. The Labute approximate surface area is 135 Å². The lowest BCUT2D eigenvalue weighted by Gasteiger charge is -2.32. The minimum Gasteiger partial charge on any atom is -0.497 e. The number of benzene rings is 1. The maximum absolute atomic E-state index is 6.29. The fraction of sp³-hybridized carbons (Fsp3) is 0.667. The summed E-state index contributed by atoms with van der Waals surface area (Å²) in [6.07, 6.45) is 3.38. The first-order valence-corrected chi connectivity index (χ1v) is 8.30. The third kappa shape index (κ3) is 3.49. The summed E-state index contributed by atoms with van der Waals surface area (Å²) >= 11 is 0. The molecule has 1 aliphatic rings. The molecule has 1 fully saturated rings. The summed E-state index contributed by atoms with van der Waals surface area (Å²) in [5.74, 6) is 1.12. The maximum Gasteiger partial charge on any atom is 0.465 e. The van der Waals surface area contributed by atoms with Crippen LogP contribution in [0.3, 0.4) is 0 Å². The highest BCUT2D eigenvalue weighted by Gasteiger charge is 2.53. The molecule has 0 aliphatic carbocycles. The van der Waals surface area contributed by atoms with Gasteiger partial charge in [0.2, 0.25) is 0 Å². The average Bonchev–Trinajstić information content (AvgIpc) is 2.68. The highest BCUT2D eigenvalue weighted by molar-refractivity contribution is 6.47. The predicted molar refractivity (Wildman–Crippen MR) is 91.3 cm³/mol. The van der Waals surface area contributed by atoms with Gasteiger partial charge in [0.25, 0.3) is 0 Å². The highest BCUT2D eigenvalue weighted by atomic mass is 16.7. The highest BCUT2D eigenvalue weighted by Crippen LogP contribution is 2.42. The van der Waals surface area contributed by atoms with Gasteiger partial charge in [0.1, 0.15) is 5.75 Å². The molecule has 2 rings (SSSR count). The van der Waals surface area contributed by atoms with Crippen LogP contribution in [-0.2, 0) is 9.31 Å². The second-order valence-electron chi connectivity index (χ2n) is 7.15. The molecule has 1 atom stereocenters. The summed E-state index contributed by atoms with van der Waals surface area (Å²) in [7, 11) is 1.50. The summed E-state index contributed by atoms with van der Waals surface area (Å²) in [5.41, 5.74) is 0.647. The van der Waals surface area contributed by atoms with Gasteiger partial charge in [-0.3, -0.25) is 0 Å². The molecule has 0 spiro atoms. The molecule has 1 saturated heterocycles. The van der Waals surface area contributed by atoms with E-state index in [1.807, 2.05) is 12.1 Å². The van der Waals surface area contributed by atoms with Crippen molar-refractivity contribution in [3.8, 4) is 5.75 Å². The van der Waals surface area contributed by atoms with Gasteiger partial charge in [0.15, 0.2) is 0 Å². The molecule has 0 saturated carbocycles. The SMILES string of the molecule is CCCCC(B1OC(C)(C)C(C)(C)O1)c1cccc(OC)c1. The van der Waals surface area contributed by atoms with Crippen molar-refractivity contribution >= 4 is 7.12 Å². The minimum atomic E-state index is -0.291. The Morgan fingerprint density at radius 3 is 2.32 bits per heavy atom. The van der Waals surface area contributed by atoms with Gasteiger partial charge in [-0.2, -0.15) is 0 Å². The fourth-order valence-corrected chi connectivity index (χ4v) is 2.81. The van der Waals surface area contributed by atoms with Gasteiger partial charge in [0, 0.05) is 5.82 Å². The molecule has 0 amide bonds. The fourth-order valence-electron chi connectivity index (χ4n) is 2.81. The number of methoxy groups -OCH3 is 1. The van der Waals surface area contributed by atoms with Crippen molar-refractivity contribution < 1.29 is 14.0 Å². The standard InChI is InChI=1S/C18H29BO3/c1-7-8-12-16(14-10-9-11-15(13-14)20-6)19-21-17(2,3)18(4,5)22-19/h9-11,13,16H,7-8,12H2,1-6H3. The van der Waals surface area contributed by atoms with E-state index in [1.165, 1.54) is 12.0 Å².